The molecule has 0 fully saturated rings. The van der Waals surface area contributed by atoms with Gasteiger partial charge in [0, 0.05) is 23.7 Å². The lowest BCUT2D eigenvalue weighted by molar-refractivity contribution is -0.113. The van der Waals surface area contributed by atoms with E-state index >= 15 is 0 Å². The second-order valence-electron chi connectivity index (χ2n) is 6.24. The van der Waals surface area contributed by atoms with Crippen LogP contribution in [0.2, 0.25) is 0 Å². The zero-order valence-corrected chi connectivity index (χ0v) is 17.0. The first-order valence-electron chi connectivity index (χ1n) is 8.28. The van der Waals surface area contributed by atoms with Gasteiger partial charge in [0.05, 0.1) is 10.6 Å². The molecule has 0 heterocycles. The third-order valence-corrected chi connectivity index (χ3v) is 7.22. The smallest absolute Gasteiger partial charge is 0.243 e. The molecule has 2 aromatic rings. The van der Waals surface area contributed by atoms with Crippen LogP contribution in [0.5, 0.6) is 0 Å². The fourth-order valence-electron chi connectivity index (χ4n) is 2.21. The summed E-state index contributed by atoms with van der Waals surface area (Å²) in [4.78, 5) is 13.4. The van der Waals surface area contributed by atoms with Crippen molar-refractivity contribution in [3.05, 3.63) is 54.1 Å². The molecule has 1 amide bonds. The first-order valence-corrected chi connectivity index (χ1v) is 10.7. The van der Waals surface area contributed by atoms with Crippen LogP contribution in [0, 0.1) is 6.92 Å². The van der Waals surface area contributed by atoms with Crippen molar-refractivity contribution in [1.29, 1.82) is 0 Å². The Balaban J connectivity index is 1.98. The van der Waals surface area contributed by atoms with Gasteiger partial charge >= 0.3 is 0 Å². The molecule has 0 spiro atoms. The Morgan fingerprint density at radius 3 is 2.31 bits per heavy atom. The zero-order valence-electron chi connectivity index (χ0n) is 15.4. The topological polar surface area (TPSA) is 66.5 Å². The summed E-state index contributed by atoms with van der Waals surface area (Å²) in [5.74, 6) is 0.161. The van der Waals surface area contributed by atoms with E-state index in [4.69, 9.17) is 0 Å². The number of benzene rings is 2. The van der Waals surface area contributed by atoms with E-state index in [2.05, 4.69) is 5.32 Å². The second-order valence-corrected chi connectivity index (χ2v) is 9.26. The number of amides is 1. The maximum Gasteiger partial charge on any atom is 0.243 e. The molecule has 26 heavy (non-hydrogen) atoms. The SMILES string of the molecule is Cc1ccccc1SCC(=O)Nc1ccc(S(=O)(=O)N(C)C(C)C)cc1. The normalized spacial score (nSPS) is 11.8. The average Bonchev–Trinajstić information content (AvgIpc) is 2.60. The van der Waals surface area contributed by atoms with Crippen LogP contribution in [-0.2, 0) is 14.8 Å². The number of aryl methyl sites for hydroxylation is 1. The van der Waals surface area contributed by atoms with Gasteiger partial charge in [0.2, 0.25) is 15.9 Å². The van der Waals surface area contributed by atoms with Crippen molar-refractivity contribution in [2.24, 2.45) is 0 Å². The fraction of sp³-hybridized carbons (Fsp3) is 0.316. The molecule has 2 aromatic carbocycles. The van der Waals surface area contributed by atoms with E-state index in [0.717, 1.165) is 10.5 Å². The second kappa shape index (κ2) is 8.70. The van der Waals surface area contributed by atoms with Crippen LogP contribution in [0.25, 0.3) is 0 Å². The van der Waals surface area contributed by atoms with E-state index in [1.54, 1.807) is 19.2 Å². The Kier molecular flexibility index (Phi) is 6.86. The van der Waals surface area contributed by atoms with Crippen LogP contribution in [0.3, 0.4) is 0 Å². The monoisotopic (exact) mass is 392 g/mol. The number of carbonyl (C=O) groups is 1. The molecule has 5 nitrogen and oxygen atoms in total. The van der Waals surface area contributed by atoms with Gasteiger partial charge in [0.15, 0.2) is 0 Å². The zero-order chi connectivity index (χ0) is 19.3. The van der Waals surface area contributed by atoms with E-state index in [-0.39, 0.29) is 16.8 Å². The molecule has 0 atom stereocenters. The predicted octanol–water partition coefficient (Wildman–Crippen LogP) is 3.75. The largest absolute Gasteiger partial charge is 0.325 e. The minimum absolute atomic E-state index is 0.127. The lowest BCUT2D eigenvalue weighted by Gasteiger charge is -2.21. The van der Waals surface area contributed by atoms with Gasteiger partial charge in [-0.15, -0.1) is 11.8 Å². The number of rotatable bonds is 7. The molecule has 0 aliphatic heterocycles. The van der Waals surface area contributed by atoms with E-state index in [1.165, 1.54) is 28.2 Å². The summed E-state index contributed by atoms with van der Waals surface area (Å²) in [6.07, 6.45) is 0. The van der Waals surface area contributed by atoms with E-state index in [9.17, 15) is 13.2 Å². The number of hydrogen-bond donors (Lipinski definition) is 1. The van der Waals surface area contributed by atoms with Crippen molar-refractivity contribution < 1.29 is 13.2 Å². The third-order valence-electron chi connectivity index (χ3n) is 3.99. The molecular formula is C19H24N2O3S2. The van der Waals surface area contributed by atoms with Crippen molar-refractivity contribution in [3.8, 4) is 0 Å². The number of nitrogens with one attached hydrogen (secondary N) is 1. The van der Waals surface area contributed by atoms with Crippen LogP contribution in [-0.4, -0.2) is 37.5 Å². The van der Waals surface area contributed by atoms with E-state index in [0.29, 0.717) is 11.4 Å². The van der Waals surface area contributed by atoms with Gasteiger partial charge in [0.1, 0.15) is 0 Å². The summed E-state index contributed by atoms with van der Waals surface area (Å²) in [6.45, 7) is 5.64. The van der Waals surface area contributed by atoms with Crippen molar-refractivity contribution in [2.75, 3.05) is 18.1 Å². The highest BCUT2D eigenvalue weighted by atomic mass is 32.2. The minimum Gasteiger partial charge on any atom is -0.325 e. The van der Waals surface area contributed by atoms with Crippen molar-refractivity contribution >= 4 is 33.4 Å². The van der Waals surface area contributed by atoms with Gasteiger partial charge in [-0.1, -0.05) is 18.2 Å². The molecule has 0 aliphatic carbocycles. The number of nitrogens with zero attached hydrogens (tertiary/aromatic N) is 1. The molecule has 140 valence electrons. The number of hydrogen-bond acceptors (Lipinski definition) is 4. The number of thioether (sulfide) groups is 1. The quantitative estimate of drug-likeness (QED) is 0.729. The average molecular weight is 393 g/mol. The minimum atomic E-state index is -3.52. The maximum absolute atomic E-state index is 12.4. The van der Waals surface area contributed by atoms with Crippen molar-refractivity contribution in [1.82, 2.24) is 4.31 Å². The summed E-state index contributed by atoms with van der Waals surface area (Å²) in [5.41, 5.74) is 1.71. The fourth-order valence-corrected chi connectivity index (χ4v) is 4.41. The van der Waals surface area contributed by atoms with E-state index in [1.807, 2.05) is 45.0 Å². The highest BCUT2D eigenvalue weighted by Gasteiger charge is 2.22. The molecule has 0 aliphatic rings. The molecular weight excluding hydrogens is 368 g/mol. The molecule has 0 saturated heterocycles. The highest BCUT2D eigenvalue weighted by Crippen LogP contribution is 2.22. The third kappa shape index (κ3) is 5.09. The Hall–Kier alpha value is -1.83. The molecule has 2 rings (SSSR count). The lowest BCUT2D eigenvalue weighted by atomic mass is 10.2. The summed E-state index contributed by atoms with van der Waals surface area (Å²) >= 11 is 1.47. The molecule has 0 unspecified atom stereocenters. The van der Waals surface area contributed by atoms with Gasteiger partial charge in [-0.2, -0.15) is 4.31 Å². The summed E-state index contributed by atoms with van der Waals surface area (Å²) in [7, 11) is -1.96. The predicted molar refractivity (Wildman–Crippen MR) is 107 cm³/mol. The highest BCUT2D eigenvalue weighted by molar-refractivity contribution is 8.00. The van der Waals surface area contributed by atoms with Crippen molar-refractivity contribution in [2.45, 2.75) is 36.6 Å². The van der Waals surface area contributed by atoms with Crippen molar-refractivity contribution in [3.63, 3.8) is 0 Å². The summed E-state index contributed by atoms with van der Waals surface area (Å²) < 4.78 is 26.2. The molecule has 0 aromatic heterocycles. The van der Waals surface area contributed by atoms with Gasteiger partial charge < -0.3 is 5.32 Å². The first-order chi connectivity index (χ1) is 12.2. The first kappa shape index (κ1) is 20.5. The Morgan fingerprint density at radius 2 is 1.73 bits per heavy atom. The lowest BCUT2D eigenvalue weighted by Crippen LogP contribution is -2.33. The Labute approximate surface area is 159 Å². The number of carbonyl (C=O) groups excluding carboxylic acids is 1. The molecule has 1 N–H and O–H groups in total. The number of anilines is 1. The van der Waals surface area contributed by atoms with Gasteiger partial charge in [-0.05, 0) is 56.7 Å². The summed E-state index contributed by atoms with van der Waals surface area (Å²) in [5, 5.41) is 2.79. The molecule has 0 bridgehead atoms. The molecule has 7 heteroatoms. The Morgan fingerprint density at radius 1 is 1.12 bits per heavy atom. The van der Waals surface area contributed by atoms with Gasteiger partial charge in [-0.3, -0.25) is 4.79 Å². The van der Waals surface area contributed by atoms with Gasteiger partial charge in [0.25, 0.3) is 0 Å². The van der Waals surface area contributed by atoms with Crippen LogP contribution < -0.4 is 5.32 Å². The van der Waals surface area contributed by atoms with Crippen LogP contribution in [0.15, 0.2) is 58.3 Å². The molecule has 0 saturated carbocycles. The molecule has 0 radical (unpaired) electrons. The van der Waals surface area contributed by atoms with E-state index < -0.39 is 10.0 Å². The maximum atomic E-state index is 12.4. The number of sulfonamides is 1. The van der Waals surface area contributed by atoms with Crippen LogP contribution >= 0.6 is 11.8 Å². The van der Waals surface area contributed by atoms with Gasteiger partial charge in [-0.25, -0.2) is 8.42 Å². The van der Waals surface area contributed by atoms with Crippen LogP contribution in [0.4, 0.5) is 5.69 Å². The standard InChI is InChI=1S/C19H24N2O3S2/c1-14(2)21(4)26(23,24)17-11-9-16(10-12-17)20-19(22)13-25-18-8-6-5-7-15(18)3/h5-12,14H,13H2,1-4H3,(H,20,22). The van der Waals surface area contributed by atoms with Crippen LogP contribution in [0.1, 0.15) is 19.4 Å². The summed E-state index contributed by atoms with van der Waals surface area (Å²) in [6, 6.07) is 14.0. The Bertz CT molecular complexity index is 863.